The van der Waals surface area contributed by atoms with E-state index in [1.807, 2.05) is 12.1 Å². The molecular weight excluding hydrogens is 372 g/mol. The maximum atomic E-state index is 12.4. The number of amides is 1. The molecule has 0 unspecified atom stereocenters. The SMILES string of the molecule is COc1ccc(CNC(=O)CNS(=O)(=O)c2ccc3c(c2)OCCO3)cc1. The molecule has 0 aromatic heterocycles. The molecule has 0 radical (unpaired) electrons. The average Bonchev–Trinajstić information content (AvgIpc) is 2.70. The van der Waals surface area contributed by atoms with E-state index >= 15 is 0 Å². The number of hydrogen-bond donors (Lipinski definition) is 2. The Morgan fingerprint density at radius 1 is 1.07 bits per heavy atom. The molecule has 0 saturated heterocycles. The van der Waals surface area contributed by atoms with Gasteiger partial charge in [-0.05, 0) is 29.8 Å². The molecule has 0 spiro atoms. The third-order valence-corrected chi connectivity index (χ3v) is 5.29. The highest BCUT2D eigenvalue weighted by Gasteiger charge is 2.20. The highest BCUT2D eigenvalue weighted by molar-refractivity contribution is 7.89. The van der Waals surface area contributed by atoms with Gasteiger partial charge in [0.05, 0.1) is 18.6 Å². The summed E-state index contributed by atoms with van der Waals surface area (Å²) >= 11 is 0. The van der Waals surface area contributed by atoms with Crippen molar-refractivity contribution in [2.75, 3.05) is 26.9 Å². The monoisotopic (exact) mass is 392 g/mol. The van der Waals surface area contributed by atoms with Crippen LogP contribution in [0.5, 0.6) is 17.2 Å². The van der Waals surface area contributed by atoms with Crippen LogP contribution in [0.3, 0.4) is 0 Å². The largest absolute Gasteiger partial charge is 0.497 e. The van der Waals surface area contributed by atoms with E-state index in [4.69, 9.17) is 14.2 Å². The predicted octanol–water partition coefficient (Wildman–Crippen LogP) is 1.06. The number of sulfonamides is 1. The first-order valence-corrected chi connectivity index (χ1v) is 9.75. The molecule has 9 heteroatoms. The fraction of sp³-hybridized carbons (Fsp3) is 0.278. The lowest BCUT2D eigenvalue weighted by atomic mass is 10.2. The molecule has 0 atom stereocenters. The van der Waals surface area contributed by atoms with E-state index in [9.17, 15) is 13.2 Å². The van der Waals surface area contributed by atoms with Crippen molar-refractivity contribution in [1.82, 2.24) is 10.0 Å². The molecule has 2 aromatic rings. The van der Waals surface area contributed by atoms with E-state index < -0.39 is 15.9 Å². The number of fused-ring (bicyclic) bond motifs is 1. The normalized spacial score (nSPS) is 13.1. The summed E-state index contributed by atoms with van der Waals surface area (Å²) in [6.07, 6.45) is 0. The number of benzene rings is 2. The molecule has 27 heavy (non-hydrogen) atoms. The van der Waals surface area contributed by atoms with Crippen LogP contribution in [0.2, 0.25) is 0 Å². The van der Waals surface area contributed by atoms with Crippen LogP contribution >= 0.6 is 0 Å². The highest BCUT2D eigenvalue weighted by Crippen LogP contribution is 2.32. The smallest absolute Gasteiger partial charge is 0.241 e. The first-order chi connectivity index (χ1) is 13.0. The van der Waals surface area contributed by atoms with Gasteiger partial charge in [0.2, 0.25) is 15.9 Å². The number of ether oxygens (including phenoxy) is 3. The van der Waals surface area contributed by atoms with Crippen LogP contribution in [-0.2, 0) is 21.4 Å². The molecule has 8 nitrogen and oxygen atoms in total. The van der Waals surface area contributed by atoms with Crippen LogP contribution in [0.4, 0.5) is 0 Å². The Balaban J connectivity index is 1.54. The highest BCUT2D eigenvalue weighted by atomic mass is 32.2. The Morgan fingerprint density at radius 3 is 2.48 bits per heavy atom. The van der Waals surface area contributed by atoms with E-state index in [1.165, 1.54) is 18.2 Å². The molecule has 0 fully saturated rings. The second kappa shape index (κ2) is 8.28. The van der Waals surface area contributed by atoms with Crippen molar-refractivity contribution in [1.29, 1.82) is 0 Å². The third-order valence-electron chi connectivity index (χ3n) is 3.90. The topological polar surface area (TPSA) is 103 Å². The summed E-state index contributed by atoms with van der Waals surface area (Å²) in [5, 5.41) is 2.66. The van der Waals surface area contributed by atoms with E-state index in [0.717, 1.165) is 11.3 Å². The molecule has 2 aromatic carbocycles. The molecule has 1 heterocycles. The third kappa shape index (κ3) is 4.89. The van der Waals surface area contributed by atoms with Crippen molar-refractivity contribution in [3.63, 3.8) is 0 Å². The van der Waals surface area contributed by atoms with Crippen molar-refractivity contribution in [2.45, 2.75) is 11.4 Å². The number of rotatable bonds is 7. The number of methoxy groups -OCH3 is 1. The van der Waals surface area contributed by atoms with Crippen LogP contribution in [0.25, 0.3) is 0 Å². The zero-order valence-electron chi connectivity index (χ0n) is 14.7. The summed E-state index contributed by atoms with van der Waals surface area (Å²) < 4.78 is 42.8. The lowest BCUT2D eigenvalue weighted by Gasteiger charge is -2.18. The maximum absolute atomic E-state index is 12.4. The van der Waals surface area contributed by atoms with Crippen molar-refractivity contribution in [3.05, 3.63) is 48.0 Å². The molecule has 0 bridgehead atoms. The van der Waals surface area contributed by atoms with Crippen molar-refractivity contribution >= 4 is 15.9 Å². The van der Waals surface area contributed by atoms with Crippen LogP contribution in [-0.4, -0.2) is 41.2 Å². The first kappa shape index (κ1) is 19.0. The van der Waals surface area contributed by atoms with E-state index in [0.29, 0.717) is 24.7 Å². The van der Waals surface area contributed by atoms with Gasteiger partial charge in [-0.1, -0.05) is 12.1 Å². The van der Waals surface area contributed by atoms with Crippen molar-refractivity contribution in [2.24, 2.45) is 0 Å². The molecule has 144 valence electrons. The zero-order valence-corrected chi connectivity index (χ0v) is 15.5. The van der Waals surface area contributed by atoms with Gasteiger partial charge in [-0.25, -0.2) is 13.1 Å². The second-order valence-electron chi connectivity index (χ2n) is 5.75. The Hall–Kier alpha value is -2.78. The molecule has 1 aliphatic heterocycles. The van der Waals surface area contributed by atoms with Crippen LogP contribution < -0.4 is 24.2 Å². The fourth-order valence-electron chi connectivity index (χ4n) is 2.44. The summed E-state index contributed by atoms with van der Waals surface area (Å²) in [4.78, 5) is 12.0. The molecule has 1 amide bonds. The summed E-state index contributed by atoms with van der Waals surface area (Å²) in [7, 11) is -2.27. The minimum atomic E-state index is -3.84. The molecule has 0 aliphatic carbocycles. The van der Waals surface area contributed by atoms with Crippen molar-refractivity contribution in [3.8, 4) is 17.2 Å². The summed E-state index contributed by atoms with van der Waals surface area (Å²) in [6, 6.07) is 11.5. The Morgan fingerprint density at radius 2 is 1.78 bits per heavy atom. The van der Waals surface area contributed by atoms with Gasteiger partial charge in [0, 0.05) is 12.6 Å². The van der Waals surface area contributed by atoms with Crippen LogP contribution in [0.1, 0.15) is 5.56 Å². The van der Waals surface area contributed by atoms with Gasteiger partial charge in [-0.3, -0.25) is 4.79 Å². The van der Waals surface area contributed by atoms with E-state index in [2.05, 4.69) is 10.0 Å². The van der Waals surface area contributed by atoms with Gasteiger partial charge in [-0.2, -0.15) is 0 Å². The number of hydrogen-bond acceptors (Lipinski definition) is 6. The molecule has 1 aliphatic rings. The van der Waals surface area contributed by atoms with Crippen LogP contribution in [0, 0.1) is 0 Å². The lowest BCUT2D eigenvalue weighted by Crippen LogP contribution is -2.36. The minimum Gasteiger partial charge on any atom is -0.497 e. The average molecular weight is 392 g/mol. The summed E-state index contributed by atoms with van der Waals surface area (Å²) in [5.74, 6) is 1.15. The van der Waals surface area contributed by atoms with Gasteiger partial charge < -0.3 is 19.5 Å². The quantitative estimate of drug-likeness (QED) is 0.730. The Labute approximate surface area is 157 Å². The minimum absolute atomic E-state index is 0.00899. The first-order valence-electron chi connectivity index (χ1n) is 8.27. The van der Waals surface area contributed by atoms with Gasteiger partial charge in [0.1, 0.15) is 19.0 Å². The molecular formula is C18H20N2O6S. The standard InChI is InChI=1S/C18H20N2O6S/c1-24-14-4-2-13(3-5-14)11-19-18(21)12-20-27(22,23)15-6-7-16-17(10-15)26-9-8-25-16/h2-7,10,20H,8-9,11-12H2,1H3,(H,19,21). The Bertz CT molecular complexity index is 912. The summed E-state index contributed by atoms with van der Waals surface area (Å²) in [5.41, 5.74) is 0.874. The number of nitrogens with one attached hydrogen (secondary N) is 2. The Kier molecular flexibility index (Phi) is 5.82. The fourth-order valence-corrected chi connectivity index (χ4v) is 3.44. The van der Waals surface area contributed by atoms with Crippen molar-refractivity contribution < 1.29 is 27.4 Å². The molecule has 3 rings (SSSR count). The summed E-state index contributed by atoms with van der Waals surface area (Å²) in [6.45, 7) is 0.699. The predicted molar refractivity (Wildman–Crippen MR) is 97.5 cm³/mol. The van der Waals surface area contributed by atoms with E-state index in [1.54, 1.807) is 19.2 Å². The number of carbonyl (C=O) groups is 1. The maximum Gasteiger partial charge on any atom is 0.241 e. The van der Waals surface area contributed by atoms with E-state index in [-0.39, 0.29) is 18.0 Å². The van der Waals surface area contributed by atoms with Crippen LogP contribution in [0.15, 0.2) is 47.4 Å². The van der Waals surface area contributed by atoms with Gasteiger partial charge in [-0.15, -0.1) is 0 Å². The molecule has 2 N–H and O–H groups in total. The molecule has 0 saturated carbocycles. The van der Waals surface area contributed by atoms with Gasteiger partial charge in [0.15, 0.2) is 11.5 Å². The zero-order chi connectivity index (χ0) is 19.3. The lowest BCUT2D eigenvalue weighted by molar-refractivity contribution is -0.120. The van der Waals surface area contributed by atoms with Gasteiger partial charge >= 0.3 is 0 Å². The van der Waals surface area contributed by atoms with Gasteiger partial charge in [0.25, 0.3) is 0 Å². The second-order valence-corrected chi connectivity index (χ2v) is 7.52. The number of carbonyl (C=O) groups excluding carboxylic acids is 1.